The molecule has 4 aromatic carbocycles. The highest BCUT2D eigenvalue weighted by atomic mass is 16.3. The lowest BCUT2D eigenvalue weighted by Gasteiger charge is -2.32. The molecule has 2 amide bonds. The van der Waals surface area contributed by atoms with Crippen LogP contribution < -0.4 is 36.2 Å². The molecule has 17 heteroatoms. The molecule has 89 heavy (non-hydrogen) atoms. The van der Waals surface area contributed by atoms with Crippen molar-refractivity contribution in [2.45, 2.75) is 112 Å². The second-order valence-corrected chi connectivity index (χ2v) is 23.8. The molecule has 7 aliphatic rings. The van der Waals surface area contributed by atoms with Crippen LogP contribution in [0.25, 0.3) is 0 Å². The van der Waals surface area contributed by atoms with E-state index in [4.69, 9.17) is 20.0 Å². The number of allylic oxidation sites excluding steroid dienone is 12. The lowest BCUT2D eigenvalue weighted by molar-refractivity contribution is -0.478. The van der Waals surface area contributed by atoms with Crippen molar-refractivity contribution in [3.8, 4) is 0 Å². The molecule has 456 valence electrons. The van der Waals surface area contributed by atoms with E-state index >= 15 is 0 Å². The van der Waals surface area contributed by atoms with Crippen molar-refractivity contribution in [3.05, 3.63) is 184 Å². The van der Waals surface area contributed by atoms with Crippen LogP contribution in [-0.4, -0.2) is 85.6 Å². The predicted molar refractivity (Wildman–Crippen MR) is 356 cm³/mol. The van der Waals surface area contributed by atoms with Crippen molar-refractivity contribution in [2.24, 2.45) is 47.0 Å². The van der Waals surface area contributed by atoms with Crippen LogP contribution in [0.15, 0.2) is 219 Å². The molecular formula is C72H80N13O4+. The summed E-state index contributed by atoms with van der Waals surface area (Å²) >= 11 is 0. The van der Waals surface area contributed by atoms with Crippen LogP contribution >= 0.6 is 0 Å². The first-order valence-corrected chi connectivity index (χ1v) is 31.4. The van der Waals surface area contributed by atoms with Crippen molar-refractivity contribution in [1.82, 2.24) is 5.32 Å². The third-order valence-electron chi connectivity index (χ3n) is 18.2. The molecule has 3 atom stereocenters. The van der Waals surface area contributed by atoms with Crippen molar-refractivity contribution in [3.63, 3.8) is 0 Å². The minimum absolute atomic E-state index is 0.0171. The summed E-state index contributed by atoms with van der Waals surface area (Å²) in [5.74, 6) is -1.03. The number of benzene rings is 4. The minimum atomic E-state index is -0.730. The standard InChI is InChI=1S/C72H79N13O4/c1-10-51-42(5)58-39-60-44(7)53(70(79-60)54-38-66(86)69-45(8)61(80-71(54)69)41-63-52(11-2)43(6)59(77-63)40-62(51)76-58)30-33-67(87)74-34-18-17-22-57(72(73)89)78-68(88)23-19-35-83(9)48-27-24-46(25-28-48)81-82-47-26-31-55-64(36-47)85(49-20-15-14-16-21-49)65-37-50(84(12-3)13-4)29-32-56(65)75-55/h10,14-16,20-21,24-29,31-32,36-37,39-41,44,53,57,75H,1,11-13,17-19,22-23,30,33-35,38H2,2-9H3,(H2,73,89)(H,74,87)(H,78,88)/p+1/t44-,53-,57?/m0/s1. The van der Waals surface area contributed by atoms with Gasteiger partial charge in [-0.25, -0.2) is 19.8 Å². The Morgan fingerprint density at radius 2 is 1.48 bits per heavy atom. The van der Waals surface area contributed by atoms with Gasteiger partial charge in [-0.2, -0.15) is 10.2 Å². The SMILES string of the molecule is C=CC1=C(C)C2=CC3=NC(=C4CC(=O)C5=C(C)C(=CC6=NC(=CC1=N2)C(C)=C6CC)N=C45)[C@@H](CCC([O-])=NCCCCC(NC(=O)CCCN(C)c1ccc(N=Nc2ccc4c(c2)N(c2ccccc2)c2cc(N(CC)CC)ccc2[NH2+]4)cc1)C([NH3+])=O)[C@@H]3C. The van der Waals surface area contributed by atoms with E-state index in [1.165, 1.54) is 5.69 Å². The van der Waals surface area contributed by atoms with Crippen molar-refractivity contribution in [1.29, 1.82) is 0 Å². The number of carbonyl (C=O) groups is 3. The highest BCUT2D eigenvalue weighted by Gasteiger charge is 2.42. The predicted octanol–water partition coefficient (Wildman–Crippen LogP) is 11.9. The molecule has 0 radical (unpaired) electrons. The fraction of sp³-hybridized carbons (Fsp3) is 0.333. The highest BCUT2D eigenvalue weighted by molar-refractivity contribution is 6.38. The van der Waals surface area contributed by atoms with Gasteiger partial charge in [0.1, 0.15) is 17.4 Å². The number of hydrogen-bond donors (Lipinski definition) is 3. The first kappa shape index (κ1) is 61.3. The Kier molecular flexibility index (Phi) is 18.3. The van der Waals surface area contributed by atoms with E-state index in [9.17, 15) is 19.5 Å². The molecule has 0 spiro atoms. The first-order valence-electron chi connectivity index (χ1n) is 31.4. The molecule has 11 rings (SSSR count). The van der Waals surface area contributed by atoms with Crippen LogP contribution in [0, 0.1) is 11.8 Å². The van der Waals surface area contributed by atoms with Gasteiger partial charge in [-0.1, -0.05) is 44.7 Å². The van der Waals surface area contributed by atoms with Crippen LogP contribution in [0.1, 0.15) is 106 Å². The van der Waals surface area contributed by atoms with Gasteiger partial charge < -0.3 is 25.2 Å². The lowest BCUT2D eigenvalue weighted by Crippen LogP contribution is -2.73. The molecule has 6 aliphatic heterocycles. The molecule has 1 aliphatic carbocycles. The fourth-order valence-electron chi connectivity index (χ4n) is 13.1. The topological polar surface area (TPSA) is 227 Å². The number of nitrogens with two attached hydrogens (primary N) is 1. The number of nitrogens with zero attached hydrogens (tertiary/aromatic N) is 10. The van der Waals surface area contributed by atoms with Crippen LogP contribution in [0.5, 0.6) is 0 Å². The average Bonchev–Trinajstić information content (AvgIpc) is 1.75. The number of nitrogens with one attached hydrogen (secondary N) is 1. The summed E-state index contributed by atoms with van der Waals surface area (Å²) in [5.41, 5.74) is 25.4. The number of hydrogen-bond acceptors (Lipinski definition) is 14. The third-order valence-corrected chi connectivity index (χ3v) is 18.2. The molecule has 0 aromatic heterocycles. The molecular weight excluding hydrogens is 1110 g/mol. The third kappa shape index (κ3) is 12.7. The summed E-state index contributed by atoms with van der Waals surface area (Å²) in [7, 11) is 1.98. The van der Waals surface area contributed by atoms with Gasteiger partial charge in [0.05, 0.1) is 51.3 Å². The monoisotopic (exact) mass is 1190 g/mol. The maximum atomic E-state index is 13.9. The number of carbonyl (C=O) groups excluding carboxylic acids is 3. The average molecular weight is 1190 g/mol. The van der Waals surface area contributed by atoms with Gasteiger partial charge in [0.15, 0.2) is 17.2 Å². The summed E-state index contributed by atoms with van der Waals surface area (Å²) in [6.07, 6.45) is 11.9. The largest absolute Gasteiger partial charge is 0.862 e. The Bertz CT molecular complexity index is 3990. The number of Topliss-reactive ketones (excluding diaryl/α,β-unsaturated/α-hetero) is 1. The minimum Gasteiger partial charge on any atom is -0.862 e. The Hall–Kier alpha value is -9.32. The highest BCUT2D eigenvalue weighted by Crippen LogP contribution is 2.48. The molecule has 4 aromatic rings. The van der Waals surface area contributed by atoms with Gasteiger partial charge in [-0.05, 0) is 187 Å². The van der Waals surface area contributed by atoms with Crippen molar-refractivity contribution in [2.75, 3.05) is 47.9 Å². The van der Waals surface area contributed by atoms with Crippen molar-refractivity contribution >= 4 is 97.5 Å². The maximum Gasteiger partial charge on any atom is 0.331 e. The van der Waals surface area contributed by atoms with Crippen LogP contribution in [0.4, 0.5) is 51.2 Å². The summed E-state index contributed by atoms with van der Waals surface area (Å²) in [6.45, 7) is 21.6. The summed E-state index contributed by atoms with van der Waals surface area (Å²) in [5, 5.41) is 27.9. The van der Waals surface area contributed by atoms with E-state index < -0.39 is 6.04 Å². The number of fused-ring (bicyclic) bond motifs is 6. The van der Waals surface area contributed by atoms with Gasteiger partial charge in [-0.15, -0.1) is 0 Å². The van der Waals surface area contributed by atoms with E-state index in [2.05, 4.69) is 142 Å². The van der Waals surface area contributed by atoms with E-state index in [0.29, 0.717) is 62.2 Å². The van der Waals surface area contributed by atoms with Crippen LogP contribution in [0.2, 0.25) is 0 Å². The number of amides is 2. The van der Waals surface area contributed by atoms with Crippen molar-refractivity contribution < 1.29 is 30.5 Å². The van der Waals surface area contributed by atoms with Crippen LogP contribution in [0.3, 0.4) is 0 Å². The lowest BCUT2D eigenvalue weighted by atomic mass is 9.84. The van der Waals surface area contributed by atoms with Crippen LogP contribution in [-0.2, 0) is 14.4 Å². The second kappa shape index (κ2) is 26.6. The number of quaternary nitrogens is 2. The Labute approximate surface area is 521 Å². The number of unbranched alkanes of at least 4 members (excludes halogenated alkanes) is 1. The van der Waals surface area contributed by atoms with Gasteiger partial charge in [0.2, 0.25) is 5.91 Å². The van der Waals surface area contributed by atoms with Gasteiger partial charge >= 0.3 is 5.91 Å². The fourth-order valence-corrected chi connectivity index (χ4v) is 13.1. The molecule has 8 bridgehead atoms. The molecule has 6 heterocycles. The van der Waals surface area contributed by atoms with E-state index in [1.54, 1.807) is 0 Å². The zero-order chi connectivity index (χ0) is 62.6. The number of ketones is 1. The Morgan fingerprint density at radius 3 is 2.21 bits per heavy atom. The molecule has 6 N–H and O–H groups in total. The van der Waals surface area contributed by atoms with Gasteiger partial charge in [-0.3, -0.25) is 30.5 Å². The molecule has 1 fully saturated rings. The molecule has 0 saturated heterocycles. The maximum absolute atomic E-state index is 13.9. The number of anilines is 5. The molecule has 1 saturated carbocycles. The Balaban J connectivity index is 0.664. The molecule has 1 unspecified atom stereocenters. The Morgan fingerprint density at radius 1 is 0.809 bits per heavy atom. The smallest absolute Gasteiger partial charge is 0.331 e. The van der Waals surface area contributed by atoms with Gasteiger partial charge in [0, 0.05) is 110 Å². The first-order chi connectivity index (χ1) is 43.0. The van der Waals surface area contributed by atoms with E-state index in [1.807, 2.05) is 81.6 Å². The normalized spacial score (nSPS) is 18.8. The zero-order valence-electron chi connectivity index (χ0n) is 52.5. The molecule has 17 nitrogen and oxygen atoms in total. The summed E-state index contributed by atoms with van der Waals surface area (Å²) < 4.78 is 0. The number of rotatable bonds is 23. The second-order valence-electron chi connectivity index (χ2n) is 23.8. The van der Waals surface area contributed by atoms with E-state index in [0.717, 1.165) is 133 Å². The number of para-hydroxylation sites is 1. The van der Waals surface area contributed by atoms with Gasteiger partial charge in [0.25, 0.3) is 0 Å². The number of azo groups is 1. The number of aliphatic imine (C=N–C) groups is 5. The zero-order valence-corrected chi connectivity index (χ0v) is 52.5. The summed E-state index contributed by atoms with van der Waals surface area (Å²) in [6, 6.07) is 30.4. The quantitative estimate of drug-likeness (QED) is 0.0188. The summed E-state index contributed by atoms with van der Waals surface area (Å²) in [4.78, 5) is 71.4. The van der Waals surface area contributed by atoms with E-state index in [-0.39, 0.29) is 54.6 Å².